The van der Waals surface area contributed by atoms with Gasteiger partial charge in [0.05, 0.1) is 31.2 Å². The maximum absolute atomic E-state index is 5.89. The second-order valence-electron chi connectivity index (χ2n) is 7.95. The Morgan fingerprint density at radius 3 is 2.41 bits per heavy atom. The van der Waals surface area contributed by atoms with Gasteiger partial charge in [-0.05, 0) is 30.9 Å². The van der Waals surface area contributed by atoms with Crippen LogP contribution in [0.25, 0.3) is 0 Å². The highest BCUT2D eigenvalue weighted by Gasteiger charge is 2.20. The maximum Gasteiger partial charge on any atom is 0.189 e. The van der Waals surface area contributed by atoms with E-state index in [1.54, 1.807) is 0 Å². The normalized spacial score (nSPS) is 19.2. The van der Waals surface area contributed by atoms with Crippen molar-refractivity contribution >= 4 is 21.4 Å². The number of nitrogens with zero attached hydrogens (tertiary/aromatic N) is 2. The predicted octanol–water partition coefficient (Wildman–Crippen LogP) is 1.98. The third-order valence-corrected chi connectivity index (χ3v) is 6.30. The van der Waals surface area contributed by atoms with E-state index in [4.69, 9.17) is 14.2 Å². The van der Waals surface area contributed by atoms with Gasteiger partial charge in [0.25, 0.3) is 0 Å². The Bertz CT molecular complexity index is 582. The summed E-state index contributed by atoms with van der Waals surface area (Å²) < 4.78 is 17.1. The zero-order chi connectivity index (χ0) is 19.1. The van der Waals surface area contributed by atoms with Gasteiger partial charge in [0.1, 0.15) is 5.75 Å². The van der Waals surface area contributed by atoms with Gasteiger partial charge < -0.3 is 29.3 Å². The molecule has 2 heterocycles. The molecule has 1 aromatic rings. The first-order valence-corrected chi connectivity index (χ1v) is 12.8. The lowest BCUT2D eigenvalue weighted by molar-refractivity contribution is 0.0236. The smallest absolute Gasteiger partial charge is 0.189 e. The highest BCUT2D eigenvalue weighted by Crippen LogP contribution is 2.35. The van der Waals surface area contributed by atoms with E-state index in [1.807, 2.05) is 0 Å². The van der Waals surface area contributed by atoms with E-state index in [1.165, 1.54) is 11.4 Å². The second kappa shape index (κ2) is 9.87. The van der Waals surface area contributed by atoms with Crippen LogP contribution >= 0.6 is 10.0 Å². The molecule has 6 nitrogen and oxygen atoms in total. The number of morpholine rings is 1. The Labute approximate surface area is 165 Å². The number of benzene rings is 1. The molecule has 7 heteroatoms. The summed E-state index contributed by atoms with van der Waals surface area (Å²) in [6.45, 7) is 8.62. The number of nitrogens with one attached hydrogen (secondary N) is 1. The number of anilines is 2. The Kier molecular flexibility index (Phi) is 7.52. The molecule has 0 radical (unpaired) electrons. The molecule has 0 atom stereocenters. The van der Waals surface area contributed by atoms with Crippen LogP contribution in [0.4, 0.5) is 11.4 Å². The van der Waals surface area contributed by atoms with E-state index in [9.17, 15) is 0 Å². The van der Waals surface area contributed by atoms with Crippen LogP contribution in [0.15, 0.2) is 18.2 Å². The molecule has 0 aromatic heterocycles. The third-order valence-electron chi connectivity index (χ3n) is 4.91. The zero-order valence-corrected chi connectivity index (χ0v) is 17.9. The molecule has 0 aliphatic carbocycles. The van der Waals surface area contributed by atoms with Gasteiger partial charge in [-0.3, -0.25) is 0 Å². The summed E-state index contributed by atoms with van der Waals surface area (Å²) in [4.78, 5) is 4.88. The Hall–Kier alpha value is -1.15. The van der Waals surface area contributed by atoms with E-state index in [0.29, 0.717) is 6.79 Å². The van der Waals surface area contributed by atoms with E-state index in [-0.39, 0.29) is 0 Å². The lowest BCUT2D eigenvalue weighted by Crippen LogP contribution is -2.44. The summed E-state index contributed by atoms with van der Waals surface area (Å²) in [5, 5.41) is 3.43. The van der Waals surface area contributed by atoms with Crippen molar-refractivity contribution in [2.24, 2.45) is 0 Å². The first-order valence-electron chi connectivity index (χ1n) is 9.82. The summed E-state index contributed by atoms with van der Waals surface area (Å²) in [7, 11) is -0.518. The van der Waals surface area contributed by atoms with Gasteiger partial charge in [0, 0.05) is 51.1 Å². The van der Waals surface area contributed by atoms with Crippen molar-refractivity contribution in [1.82, 2.24) is 5.32 Å². The zero-order valence-electron chi connectivity index (χ0n) is 17.0. The molecule has 1 N–H and O–H groups in total. The summed E-state index contributed by atoms with van der Waals surface area (Å²) in [5.74, 6) is 1.98. The van der Waals surface area contributed by atoms with Gasteiger partial charge >= 0.3 is 0 Å². The average molecular weight is 398 g/mol. The number of rotatable bonds is 8. The molecular formula is C20H35N3O3S. The molecule has 2 saturated heterocycles. The molecular weight excluding hydrogens is 362 g/mol. The standard InChI is InChI=1S/C20H35N3O3S/c1-27(2,3)15-14-25-17-26-18-4-5-19(22-8-6-21-7-9-22)20(16-18)23-10-12-24-13-11-23/h4-5,16,21H,6-15,17H2,1-3H3. The lowest BCUT2D eigenvalue weighted by atomic mass is 10.2. The molecule has 0 unspecified atom stereocenters. The van der Waals surface area contributed by atoms with Crippen molar-refractivity contribution in [3.8, 4) is 5.75 Å². The van der Waals surface area contributed by atoms with Gasteiger partial charge in [-0.25, -0.2) is 10.0 Å². The molecule has 2 aliphatic rings. The van der Waals surface area contributed by atoms with Crippen LogP contribution in [0.2, 0.25) is 0 Å². The number of hydrogen-bond acceptors (Lipinski definition) is 6. The van der Waals surface area contributed by atoms with Gasteiger partial charge in [0.15, 0.2) is 6.79 Å². The van der Waals surface area contributed by atoms with Crippen LogP contribution in [-0.4, -0.2) is 90.4 Å². The van der Waals surface area contributed by atoms with Crippen molar-refractivity contribution in [3.05, 3.63) is 18.2 Å². The molecule has 0 bridgehead atoms. The van der Waals surface area contributed by atoms with Gasteiger partial charge in [-0.15, -0.1) is 0 Å². The Balaban J connectivity index is 1.64. The highest BCUT2D eigenvalue weighted by atomic mass is 32.3. The number of piperazine rings is 1. The van der Waals surface area contributed by atoms with Crippen LogP contribution in [0.5, 0.6) is 5.75 Å². The molecule has 1 aromatic carbocycles. The van der Waals surface area contributed by atoms with Gasteiger partial charge in [-0.1, -0.05) is 0 Å². The molecule has 154 valence electrons. The molecule has 27 heavy (non-hydrogen) atoms. The topological polar surface area (TPSA) is 46.2 Å². The summed E-state index contributed by atoms with van der Waals surface area (Å²) in [6.07, 6.45) is 6.92. The third kappa shape index (κ3) is 6.45. The predicted molar refractivity (Wildman–Crippen MR) is 116 cm³/mol. The highest BCUT2D eigenvalue weighted by molar-refractivity contribution is 8.32. The largest absolute Gasteiger partial charge is 0.467 e. The minimum Gasteiger partial charge on any atom is -0.467 e. The van der Waals surface area contributed by atoms with Crippen molar-refractivity contribution in [1.29, 1.82) is 0 Å². The molecule has 2 aliphatic heterocycles. The number of ether oxygens (including phenoxy) is 3. The van der Waals surface area contributed by atoms with Crippen LogP contribution in [0.1, 0.15) is 0 Å². The van der Waals surface area contributed by atoms with Crippen LogP contribution in [-0.2, 0) is 9.47 Å². The van der Waals surface area contributed by atoms with Gasteiger partial charge in [0.2, 0.25) is 0 Å². The first kappa shape index (κ1) is 20.6. The molecule has 0 amide bonds. The summed E-state index contributed by atoms with van der Waals surface area (Å²) >= 11 is 0. The van der Waals surface area contributed by atoms with Crippen LogP contribution in [0.3, 0.4) is 0 Å². The van der Waals surface area contributed by atoms with E-state index < -0.39 is 10.0 Å². The van der Waals surface area contributed by atoms with E-state index >= 15 is 0 Å². The van der Waals surface area contributed by atoms with Crippen molar-refractivity contribution in [2.75, 3.05) is 100 Å². The number of hydrogen-bond donors (Lipinski definition) is 1. The quantitative estimate of drug-likeness (QED) is 0.535. The lowest BCUT2D eigenvalue weighted by Gasteiger charge is -2.36. The minimum atomic E-state index is -0.518. The fraction of sp³-hybridized carbons (Fsp3) is 0.700. The van der Waals surface area contributed by atoms with Crippen molar-refractivity contribution in [2.45, 2.75) is 0 Å². The van der Waals surface area contributed by atoms with Gasteiger partial charge in [-0.2, -0.15) is 0 Å². The van der Waals surface area contributed by atoms with E-state index in [0.717, 1.165) is 70.6 Å². The Morgan fingerprint density at radius 2 is 1.70 bits per heavy atom. The average Bonchev–Trinajstić information content (AvgIpc) is 2.68. The molecule has 0 spiro atoms. The monoisotopic (exact) mass is 397 g/mol. The molecule has 2 fully saturated rings. The molecule has 3 rings (SSSR count). The van der Waals surface area contributed by atoms with E-state index in [2.05, 4.69) is 52.1 Å². The van der Waals surface area contributed by atoms with Crippen LogP contribution in [0, 0.1) is 0 Å². The fourth-order valence-corrected chi connectivity index (χ4v) is 3.92. The van der Waals surface area contributed by atoms with Crippen molar-refractivity contribution < 1.29 is 14.2 Å². The second-order valence-corrected chi connectivity index (χ2v) is 12.5. The SMILES string of the molecule is CS(C)(C)CCOCOc1ccc(N2CCNCC2)c(N2CCOCC2)c1. The molecule has 0 saturated carbocycles. The van der Waals surface area contributed by atoms with Crippen LogP contribution < -0.4 is 19.9 Å². The fourth-order valence-electron chi connectivity index (χ4n) is 3.30. The minimum absolute atomic E-state index is 0.311. The summed E-state index contributed by atoms with van der Waals surface area (Å²) in [5.41, 5.74) is 2.54. The van der Waals surface area contributed by atoms with Crippen molar-refractivity contribution in [3.63, 3.8) is 0 Å². The summed E-state index contributed by atoms with van der Waals surface area (Å²) in [6, 6.07) is 6.44. The maximum atomic E-state index is 5.89. The Morgan fingerprint density at radius 1 is 1.00 bits per heavy atom. The first-order chi connectivity index (χ1) is 13.0.